The summed E-state index contributed by atoms with van der Waals surface area (Å²) in [6.07, 6.45) is 13.4. The largest absolute Gasteiger partial charge is 0.378 e. The molecular formula is C18H35N3O2. The van der Waals surface area contributed by atoms with Crippen molar-refractivity contribution in [3.63, 3.8) is 0 Å². The van der Waals surface area contributed by atoms with Gasteiger partial charge in [0, 0.05) is 33.4 Å². The van der Waals surface area contributed by atoms with E-state index in [2.05, 4.69) is 15.6 Å². The van der Waals surface area contributed by atoms with Gasteiger partial charge in [0.25, 0.3) is 0 Å². The lowest BCUT2D eigenvalue weighted by molar-refractivity contribution is 0.0411. The first-order chi connectivity index (χ1) is 11.4. The van der Waals surface area contributed by atoms with Gasteiger partial charge in [-0.15, -0.1) is 0 Å². The average Bonchev–Trinajstić information content (AvgIpc) is 2.96. The van der Waals surface area contributed by atoms with Gasteiger partial charge in [-0.3, -0.25) is 4.99 Å². The normalized spacial score (nSPS) is 23.7. The van der Waals surface area contributed by atoms with Crippen molar-refractivity contribution in [2.45, 2.75) is 76.4 Å². The number of ether oxygens (including phenoxy) is 2. The molecule has 1 aliphatic heterocycles. The number of nitrogens with zero attached hydrogens (tertiary/aromatic N) is 1. The van der Waals surface area contributed by atoms with E-state index in [0.29, 0.717) is 12.2 Å². The summed E-state index contributed by atoms with van der Waals surface area (Å²) in [6.45, 7) is 3.59. The zero-order chi connectivity index (χ0) is 16.2. The molecule has 1 atom stereocenters. The van der Waals surface area contributed by atoms with Crippen molar-refractivity contribution in [2.75, 3.05) is 33.4 Å². The van der Waals surface area contributed by atoms with Crippen LogP contribution >= 0.6 is 0 Å². The highest BCUT2D eigenvalue weighted by Crippen LogP contribution is 2.19. The molecule has 2 rings (SSSR count). The Morgan fingerprint density at radius 2 is 1.87 bits per heavy atom. The van der Waals surface area contributed by atoms with Crippen LogP contribution in [0.5, 0.6) is 0 Å². The zero-order valence-electron chi connectivity index (χ0n) is 14.8. The number of unbranched alkanes of at least 4 members (excludes halogenated alkanes) is 1. The Hall–Kier alpha value is -0.810. The molecular weight excluding hydrogens is 290 g/mol. The molecule has 5 nitrogen and oxygen atoms in total. The fourth-order valence-electron chi connectivity index (χ4n) is 3.33. The van der Waals surface area contributed by atoms with Crippen molar-refractivity contribution in [1.82, 2.24) is 10.6 Å². The quantitative estimate of drug-likeness (QED) is 0.312. The van der Waals surface area contributed by atoms with Gasteiger partial charge < -0.3 is 20.1 Å². The Bertz CT molecular complexity index is 322. The van der Waals surface area contributed by atoms with Crippen LogP contribution in [0.4, 0.5) is 0 Å². The molecule has 0 spiro atoms. The molecule has 0 aromatic carbocycles. The van der Waals surface area contributed by atoms with E-state index in [1.807, 2.05) is 7.05 Å². The predicted octanol–water partition coefficient (Wildman–Crippen LogP) is 2.85. The molecule has 134 valence electrons. The van der Waals surface area contributed by atoms with Crippen LogP contribution in [0.2, 0.25) is 0 Å². The summed E-state index contributed by atoms with van der Waals surface area (Å²) in [7, 11) is 1.82. The number of guanidine groups is 1. The summed E-state index contributed by atoms with van der Waals surface area (Å²) >= 11 is 0. The average molecular weight is 325 g/mol. The molecule has 1 aliphatic carbocycles. The fraction of sp³-hybridized carbons (Fsp3) is 0.944. The molecule has 2 aliphatic rings. The molecule has 1 saturated heterocycles. The van der Waals surface area contributed by atoms with E-state index in [9.17, 15) is 0 Å². The van der Waals surface area contributed by atoms with Gasteiger partial charge in [0.1, 0.15) is 0 Å². The Morgan fingerprint density at radius 3 is 2.57 bits per heavy atom. The highest BCUT2D eigenvalue weighted by atomic mass is 16.5. The summed E-state index contributed by atoms with van der Waals surface area (Å²) < 4.78 is 11.6. The van der Waals surface area contributed by atoms with Crippen molar-refractivity contribution in [3.8, 4) is 0 Å². The van der Waals surface area contributed by atoms with Crippen LogP contribution in [0, 0.1) is 0 Å². The summed E-state index contributed by atoms with van der Waals surface area (Å²) in [5.74, 6) is 0.880. The van der Waals surface area contributed by atoms with Gasteiger partial charge in [-0.25, -0.2) is 0 Å². The van der Waals surface area contributed by atoms with Gasteiger partial charge in [0.15, 0.2) is 5.96 Å². The second-order valence-electron chi connectivity index (χ2n) is 6.71. The van der Waals surface area contributed by atoms with Gasteiger partial charge in [-0.1, -0.05) is 25.7 Å². The van der Waals surface area contributed by atoms with Crippen LogP contribution < -0.4 is 10.6 Å². The molecule has 0 bridgehead atoms. The van der Waals surface area contributed by atoms with Gasteiger partial charge in [-0.2, -0.15) is 0 Å². The standard InChI is InChI=1S/C18H35N3O2/c1-19-18(21-15-17-11-8-14-23-17)20-12-6-7-13-22-16-9-4-2-3-5-10-16/h16-17H,2-15H2,1H3,(H2,19,20,21). The van der Waals surface area contributed by atoms with E-state index in [1.54, 1.807) is 0 Å². The third-order valence-corrected chi connectivity index (χ3v) is 4.76. The van der Waals surface area contributed by atoms with Crippen LogP contribution in [0.25, 0.3) is 0 Å². The lowest BCUT2D eigenvalue weighted by Crippen LogP contribution is -2.41. The Labute approximate surface area is 141 Å². The number of rotatable bonds is 8. The minimum absolute atomic E-state index is 0.349. The zero-order valence-corrected chi connectivity index (χ0v) is 14.8. The highest BCUT2D eigenvalue weighted by molar-refractivity contribution is 5.79. The molecule has 5 heteroatoms. The number of hydrogen-bond acceptors (Lipinski definition) is 3. The smallest absolute Gasteiger partial charge is 0.191 e. The second-order valence-corrected chi connectivity index (χ2v) is 6.71. The van der Waals surface area contributed by atoms with Crippen molar-refractivity contribution in [3.05, 3.63) is 0 Å². The third kappa shape index (κ3) is 8.02. The van der Waals surface area contributed by atoms with E-state index in [1.165, 1.54) is 44.9 Å². The summed E-state index contributed by atoms with van der Waals surface area (Å²) in [6, 6.07) is 0. The van der Waals surface area contributed by atoms with Crippen LogP contribution in [0.1, 0.15) is 64.2 Å². The molecule has 2 N–H and O–H groups in total. The maximum atomic E-state index is 6.02. The number of hydrogen-bond donors (Lipinski definition) is 2. The first kappa shape index (κ1) is 18.5. The van der Waals surface area contributed by atoms with E-state index >= 15 is 0 Å². The maximum absolute atomic E-state index is 6.02. The first-order valence-corrected chi connectivity index (χ1v) is 9.56. The summed E-state index contributed by atoms with van der Waals surface area (Å²) in [5, 5.41) is 6.71. The first-order valence-electron chi connectivity index (χ1n) is 9.56. The van der Waals surface area contributed by atoms with Crippen molar-refractivity contribution < 1.29 is 9.47 Å². The number of aliphatic imine (C=N–C) groups is 1. The molecule has 0 aromatic rings. The summed E-state index contributed by atoms with van der Waals surface area (Å²) in [4.78, 5) is 4.26. The molecule has 2 fully saturated rings. The fourth-order valence-corrected chi connectivity index (χ4v) is 3.33. The second kappa shape index (κ2) is 11.7. The van der Waals surface area contributed by atoms with Gasteiger partial charge >= 0.3 is 0 Å². The van der Waals surface area contributed by atoms with Crippen LogP contribution in [-0.2, 0) is 9.47 Å². The summed E-state index contributed by atoms with van der Waals surface area (Å²) in [5.41, 5.74) is 0. The van der Waals surface area contributed by atoms with Crippen molar-refractivity contribution >= 4 is 5.96 Å². The van der Waals surface area contributed by atoms with E-state index < -0.39 is 0 Å². The number of nitrogens with one attached hydrogen (secondary N) is 2. The molecule has 23 heavy (non-hydrogen) atoms. The predicted molar refractivity (Wildman–Crippen MR) is 95.0 cm³/mol. The lowest BCUT2D eigenvalue weighted by Gasteiger charge is -2.16. The molecule has 0 aromatic heterocycles. The van der Waals surface area contributed by atoms with E-state index in [-0.39, 0.29) is 0 Å². The van der Waals surface area contributed by atoms with Gasteiger partial charge in [0.2, 0.25) is 0 Å². The van der Waals surface area contributed by atoms with Crippen LogP contribution in [-0.4, -0.2) is 51.5 Å². The topological polar surface area (TPSA) is 54.9 Å². The molecule has 1 unspecified atom stereocenters. The Kier molecular flexibility index (Phi) is 9.41. The minimum Gasteiger partial charge on any atom is -0.378 e. The molecule has 0 amide bonds. The van der Waals surface area contributed by atoms with Crippen LogP contribution in [0.15, 0.2) is 4.99 Å². The molecule has 1 heterocycles. The SMILES string of the molecule is CN=C(NCCCCOC1CCCCCC1)NCC1CCCO1. The monoisotopic (exact) mass is 325 g/mol. The van der Waals surface area contributed by atoms with E-state index in [0.717, 1.165) is 51.5 Å². The van der Waals surface area contributed by atoms with Gasteiger partial charge in [0.05, 0.1) is 12.2 Å². The van der Waals surface area contributed by atoms with E-state index in [4.69, 9.17) is 9.47 Å². The lowest BCUT2D eigenvalue weighted by atomic mass is 10.1. The highest BCUT2D eigenvalue weighted by Gasteiger charge is 2.15. The van der Waals surface area contributed by atoms with Crippen molar-refractivity contribution in [2.24, 2.45) is 4.99 Å². The van der Waals surface area contributed by atoms with Crippen LogP contribution in [0.3, 0.4) is 0 Å². The molecule has 1 saturated carbocycles. The molecule has 0 radical (unpaired) electrons. The maximum Gasteiger partial charge on any atom is 0.191 e. The minimum atomic E-state index is 0.349. The van der Waals surface area contributed by atoms with Crippen molar-refractivity contribution in [1.29, 1.82) is 0 Å². The third-order valence-electron chi connectivity index (χ3n) is 4.76. The Balaban J connectivity index is 1.45. The Morgan fingerprint density at radius 1 is 1.04 bits per heavy atom. The van der Waals surface area contributed by atoms with Gasteiger partial charge in [-0.05, 0) is 38.5 Å².